The number of nitrogens with zero attached hydrogens (tertiary/aromatic N) is 2. The number of hydrogen-bond acceptors (Lipinski definition) is 3. The van der Waals surface area contributed by atoms with Crippen LogP contribution in [0.4, 0.5) is 0 Å². The summed E-state index contributed by atoms with van der Waals surface area (Å²) >= 11 is 1.98. The van der Waals surface area contributed by atoms with Crippen LogP contribution in [0.3, 0.4) is 0 Å². The minimum Gasteiger partial charge on any atom is -0.301 e. The van der Waals surface area contributed by atoms with Crippen molar-refractivity contribution < 1.29 is 0 Å². The van der Waals surface area contributed by atoms with Crippen LogP contribution in [0.1, 0.15) is 56.2 Å². The third kappa shape index (κ3) is 5.23. The van der Waals surface area contributed by atoms with Crippen molar-refractivity contribution in [2.75, 3.05) is 26.2 Å². The van der Waals surface area contributed by atoms with E-state index in [-0.39, 0.29) is 0 Å². The van der Waals surface area contributed by atoms with Crippen LogP contribution in [-0.4, -0.2) is 41.4 Å². The number of unbranched alkanes of at least 4 members (excludes halogenated alkanes) is 1. The lowest BCUT2D eigenvalue weighted by atomic mass is 10.0. The predicted molar refractivity (Wildman–Crippen MR) is 103 cm³/mol. The monoisotopic (exact) mass is 334 g/mol. The van der Waals surface area contributed by atoms with Crippen LogP contribution in [0.15, 0.2) is 17.0 Å². The Bertz CT molecular complexity index is 469. The summed E-state index contributed by atoms with van der Waals surface area (Å²) in [4.78, 5) is 4.17. The van der Waals surface area contributed by atoms with Gasteiger partial charge in [-0.25, -0.2) is 4.31 Å². The third-order valence-corrected chi connectivity index (χ3v) is 6.42. The first-order chi connectivity index (χ1) is 11.0. The number of piperidine rings is 1. The van der Waals surface area contributed by atoms with Crippen LogP contribution in [0.2, 0.25) is 0 Å². The van der Waals surface area contributed by atoms with Gasteiger partial charge in [-0.05, 0) is 76.2 Å². The summed E-state index contributed by atoms with van der Waals surface area (Å²) in [6.45, 7) is 16.2. The maximum Gasteiger partial charge on any atom is 0.0288 e. The second-order valence-corrected chi connectivity index (χ2v) is 8.07. The zero-order valence-electron chi connectivity index (χ0n) is 15.7. The molecule has 23 heavy (non-hydrogen) atoms. The topological polar surface area (TPSA) is 6.48 Å². The zero-order valence-corrected chi connectivity index (χ0v) is 16.5. The lowest BCUT2D eigenvalue weighted by molar-refractivity contribution is 0.147. The van der Waals surface area contributed by atoms with Gasteiger partial charge in [0, 0.05) is 24.0 Å². The van der Waals surface area contributed by atoms with Crippen molar-refractivity contribution in [1.82, 2.24) is 9.21 Å². The Balaban J connectivity index is 1.90. The maximum atomic E-state index is 2.70. The Labute approximate surface area is 147 Å². The van der Waals surface area contributed by atoms with E-state index in [1.807, 2.05) is 11.9 Å². The summed E-state index contributed by atoms with van der Waals surface area (Å²) in [6, 6.07) is 5.42. The van der Waals surface area contributed by atoms with Gasteiger partial charge in [0.05, 0.1) is 0 Å². The Morgan fingerprint density at radius 3 is 2.22 bits per heavy atom. The van der Waals surface area contributed by atoms with Crippen LogP contribution in [0.25, 0.3) is 0 Å². The van der Waals surface area contributed by atoms with Gasteiger partial charge >= 0.3 is 0 Å². The average molecular weight is 335 g/mol. The molecule has 0 atom stereocenters. The van der Waals surface area contributed by atoms with Crippen LogP contribution >= 0.6 is 11.9 Å². The van der Waals surface area contributed by atoms with Crippen molar-refractivity contribution in [3.63, 3.8) is 0 Å². The summed E-state index contributed by atoms with van der Waals surface area (Å²) in [7, 11) is 0. The number of hydrogen-bond donors (Lipinski definition) is 0. The van der Waals surface area contributed by atoms with E-state index in [1.54, 1.807) is 0 Å². The van der Waals surface area contributed by atoms with Crippen molar-refractivity contribution in [2.45, 2.75) is 71.2 Å². The number of rotatable bonds is 7. The van der Waals surface area contributed by atoms with Gasteiger partial charge in [-0.15, -0.1) is 0 Å². The molecule has 2 nitrogen and oxygen atoms in total. The second-order valence-electron chi connectivity index (χ2n) is 6.96. The molecule has 0 aliphatic carbocycles. The average Bonchev–Trinajstić information content (AvgIpc) is 2.53. The molecule has 1 aliphatic rings. The van der Waals surface area contributed by atoms with Gasteiger partial charge in [-0.3, -0.25) is 0 Å². The third-order valence-electron chi connectivity index (χ3n) is 4.97. The van der Waals surface area contributed by atoms with Gasteiger partial charge < -0.3 is 4.90 Å². The Kier molecular flexibility index (Phi) is 7.45. The van der Waals surface area contributed by atoms with E-state index < -0.39 is 0 Å². The molecule has 0 saturated carbocycles. The molecule has 1 aliphatic heterocycles. The molecule has 0 unspecified atom stereocenters. The predicted octanol–water partition coefficient (Wildman–Crippen LogP) is 5.21. The minimum absolute atomic E-state index is 0.795. The molecule has 1 saturated heterocycles. The smallest absolute Gasteiger partial charge is 0.0288 e. The van der Waals surface area contributed by atoms with Gasteiger partial charge in [0.15, 0.2) is 0 Å². The molecular formula is C20H34N2S. The van der Waals surface area contributed by atoms with Gasteiger partial charge in [-0.1, -0.05) is 38.0 Å². The standard InChI is InChI=1S/C20H34N2S/c1-6-8-11-21(7-2)19-9-12-22(13-10-19)23-20-17(4)14-16(3)15-18(20)5/h14-15,19H,6-13H2,1-5H3. The Morgan fingerprint density at radius 1 is 1.09 bits per heavy atom. The summed E-state index contributed by atoms with van der Waals surface area (Å²) in [5, 5.41) is 0. The highest BCUT2D eigenvalue weighted by atomic mass is 32.2. The van der Waals surface area contributed by atoms with Crippen LogP contribution in [0, 0.1) is 20.8 Å². The van der Waals surface area contributed by atoms with Crippen LogP contribution in [0.5, 0.6) is 0 Å². The molecule has 0 aromatic heterocycles. The molecular weight excluding hydrogens is 300 g/mol. The summed E-state index contributed by atoms with van der Waals surface area (Å²) in [6.07, 6.45) is 5.27. The number of aryl methyl sites for hydroxylation is 3. The molecule has 1 aromatic rings. The fourth-order valence-corrected chi connectivity index (χ4v) is 4.76. The highest BCUT2D eigenvalue weighted by Gasteiger charge is 2.24. The molecule has 0 N–H and O–H groups in total. The van der Waals surface area contributed by atoms with Crippen molar-refractivity contribution in [3.8, 4) is 0 Å². The van der Waals surface area contributed by atoms with E-state index >= 15 is 0 Å². The lowest BCUT2D eigenvalue weighted by Crippen LogP contribution is -2.43. The molecule has 2 rings (SSSR count). The van der Waals surface area contributed by atoms with Gasteiger partial charge in [-0.2, -0.15) is 0 Å². The first-order valence-electron chi connectivity index (χ1n) is 9.30. The maximum absolute atomic E-state index is 2.70. The number of benzene rings is 1. The lowest BCUT2D eigenvalue weighted by Gasteiger charge is -2.37. The molecule has 1 fully saturated rings. The summed E-state index contributed by atoms with van der Waals surface area (Å²) in [5.74, 6) is 0. The van der Waals surface area contributed by atoms with Gasteiger partial charge in [0.1, 0.15) is 0 Å². The SMILES string of the molecule is CCCCN(CC)C1CCN(Sc2c(C)cc(C)cc2C)CC1. The van der Waals surface area contributed by atoms with Gasteiger partial charge in [0.25, 0.3) is 0 Å². The Hall–Kier alpha value is -0.510. The van der Waals surface area contributed by atoms with Crippen molar-refractivity contribution in [2.24, 2.45) is 0 Å². The molecule has 0 amide bonds. The summed E-state index contributed by atoms with van der Waals surface area (Å²) in [5.41, 5.74) is 4.22. The highest BCUT2D eigenvalue weighted by Crippen LogP contribution is 2.33. The van der Waals surface area contributed by atoms with Crippen molar-refractivity contribution in [3.05, 3.63) is 28.8 Å². The first kappa shape index (κ1) is 18.8. The summed E-state index contributed by atoms with van der Waals surface area (Å²) < 4.78 is 2.58. The Morgan fingerprint density at radius 2 is 1.70 bits per heavy atom. The van der Waals surface area contributed by atoms with Crippen LogP contribution < -0.4 is 0 Å². The minimum atomic E-state index is 0.795. The van der Waals surface area contributed by atoms with Crippen molar-refractivity contribution >= 4 is 11.9 Å². The van der Waals surface area contributed by atoms with E-state index in [0.29, 0.717) is 0 Å². The van der Waals surface area contributed by atoms with Crippen molar-refractivity contribution in [1.29, 1.82) is 0 Å². The molecule has 1 heterocycles. The van der Waals surface area contributed by atoms with E-state index in [4.69, 9.17) is 0 Å². The van der Waals surface area contributed by atoms with Crippen LogP contribution in [-0.2, 0) is 0 Å². The molecule has 0 radical (unpaired) electrons. The first-order valence-corrected chi connectivity index (χ1v) is 10.1. The molecule has 0 spiro atoms. The molecule has 1 aromatic carbocycles. The molecule has 3 heteroatoms. The van der Waals surface area contributed by atoms with E-state index in [9.17, 15) is 0 Å². The fraction of sp³-hybridized carbons (Fsp3) is 0.700. The van der Waals surface area contributed by atoms with E-state index in [1.165, 1.54) is 73.4 Å². The highest BCUT2D eigenvalue weighted by molar-refractivity contribution is 7.97. The quantitative estimate of drug-likeness (QED) is 0.632. The van der Waals surface area contributed by atoms with E-state index in [2.05, 4.69) is 56.0 Å². The molecule has 0 bridgehead atoms. The van der Waals surface area contributed by atoms with Gasteiger partial charge in [0.2, 0.25) is 0 Å². The van der Waals surface area contributed by atoms with E-state index in [0.717, 1.165) is 6.04 Å². The zero-order chi connectivity index (χ0) is 16.8. The normalized spacial score (nSPS) is 17.1. The second kappa shape index (κ2) is 9.10. The molecule has 130 valence electrons. The fourth-order valence-electron chi connectivity index (χ4n) is 3.70. The largest absolute Gasteiger partial charge is 0.301 e.